The maximum absolute atomic E-state index is 11.7. The number of rotatable bonds is 6. The van der Waals surface area contributed by atoms with Crippen molar-refractivity contribution in [2.75, 3.05) is 11.9 Å². The molecule has 1 atom stereocenters. The number of ether oxygens (including phenoxy) is 1. The lowest BCUT2D eigenvalue weighted by molar-refractivity contribution is 0.192. The summed E-state index contributed by atoms with van der Waals surface area (Å²) >= 11 is 0. The lowest BCUT2D eigenvalue weighted by Crippen LogP contribution is -2.37. The molecule has 6 heteroatoms. The number of nitrogens with zero attached hydrogens (tertiary/aromatic N) is 1. The first-order valence-corrected chi connectivity index (χ1v) is 6.53. The van der Waals surface area contributed by atoms with Gasteiger partial charge in [0.15, 0.2) is 0 Å². The Balaban J connectivity index is 1.77. The summed E-state index contributed by atoms with van der Waals surface area (Å²) in [6.07, 6.45) is 3.89. The van der Waals surface area contributed by atoms with E-state index < -0.39 is 0 Å². The van der Waals surface area contributed by atoms with Crippen molar-refractivity contribution >= 4 is 11.7 Å². The Bertz CT molecular complexity index is 513. The van der Waals surface area contributed by atoms with Crippen LogP contribution in [0.2, 0.25) is 0 Å². The zero-order chi connectivity index (χ0) is 14.2. The second kappa shape index (κ2) is 7.18. The number of carbonyl (C=O) groups excluding carboxylic acids is 1. The summed E-state index contributed by atoms with van der Waals surface area (Å²) in [5, 5.41) is 11.8. The van der Waals surface area contributed by atoms with E-state index in [-0.39, 0.29) is 12.1 Å². The van der Waals surface area contributed by atoms with E-state index in [9.17, 15) is 4.79 Å². The molecule has 0 spiro atoms. The average Bonchev–Trinajstić information content (AvgIpc) is 2.97. The van der Waals surface area contributed by atoms with Gasteiger partial charge >= 0.3 is 6.03 Å². The fourth-order valence-corrected chi connectivity index (χ4v) is 1.66. The second-order valence-electron chi connectivity index (χ2n) is 4.28. The van der Waals surface area contributed by atoms with E-state index in [0.717, 1.165) is 12.2 Å². The topological polar surface area (TPSA) is 79.0 Å². The normalized spacial score (nSPS) is 11.7. The van der Waals surface area contributed by atoms with Crippen molar-refractivity contribution in [3.63, 3.8) is 0 Å². The number of aromatic amines is 1. The maximum atomic E-state index is 11.7. The molecule has 20 heavy (non-hydrogen) atoms. The molecule has 106 valence electrons. The Morgan fingerprint density at radius 2 is 2.20 bits per heavy atom. The van der Waals surface area contributed by atoms with Gasteiger partial charge in [0.1, 0.15) is 11.9 Å². The van der Waals surface area contributed by atoms with Gasteiger partial charge in [-0.15, -0.1) is 0 Å². The highest BCUT2D eigenvalue weighted by atomic mass is 16.5. The van der Waals surface area contributed by atoms with Gasteiger partial charge < -0.3 is 15.4 Å². The first-order valence-electron chi connectivity index (χ1n) is 6.53. The molecule has 3 N–H and O–H groups in total. The SMILES string of the molecule is CC[C@H](CNC(=O)Nc1cn[nH]c1)Oc1ccccc1. The van der Waals surface area contributed by atoms with Crippen molar-refractivity contribution in [3.8, 4) is 5.75 Å². The van der Waals surface area contributed by atoms with Crippen LogP contribution < -0.4 is 15.4 Å². The third-order valence-corrected chi connectivity index (χ3v) is 2.75. The molecular weight excluding hydrogens is 256 g/mol. The Hall–Kier alpha value is -2.50. The van der Waals surface area contributed by atoms with Gasteiger partial charge in [0.05, 0.1) is 18.4 Å². The highest BCUT2D eigenvalue weighted by Crippen LogP contribution is 2.12. The van der Waals surface area contributed by atoms with Crippen LogP contribution in [0, 0.1) is 0 Å². The van der Waals surface area contributed by atoms with Gasteiger partial charge in [-0.1, -0.05) is 25.1 Å². The molecule has 2 rings (SSSR count). The van der Waals surface area contributed by atoms with Gasteiger partial charge in [-0.3, -0.25) is 5.10 Å². The molecule has 1 aromatic heterocycles. The number of urea groups is 1. The van der Waals surface area contributed by atoms with Gasteiger partial charge in [0, 0.05) is 6.20 Å². The number of hydrogen-bond donors (Lipinski definition) is 3. The molecule has 0 unspecified atom stereocenters. The number of carbonyl (C=O) groups is 1. The zero-order valence-corrected chi connectivity index (χ0v) is 11.3. The van der Waals surface area contributed by atoms with Crippen molar-refractivity contribution in [1.82, 2.24) is 15.5 Å². The summed E-state index contributed by atoms with van der Waals surface area (Å²) in [6.45, 7) is 2.46. The first kappa shape index (κ1) is 13.9. The van der Waals surface area contributed by atoms with E-state index in [2.05, 4.69) is 20.8 Å². The van der Waals surface area contributed by atoms with Crippen LogP contribution in [0.25, 0.3) is 0 Å². The minimum Gasteiger partial charge on any atom is -0.489 e. The molecule has 0 aliphatic heterocycles. The monoisotopic (exact) mass is 274 g/mol. The van der Waals surface area contributed by atoms with E-state index >= 15 is 0 Å². The molecule has 2 amide bonds. The summed E-state index contributed by atoms with van der Waals surface area (Å²) < 4.78 is 5.79. The molecule has 0 bridgehead atoms. The Kier molecular flexibility index (Phi) is 5.00. The molecule has 1 heterocycles. The highest BCUT2D eigenvalue weighted by molar-refractivity contribution is 5.88. The molecule has 0 saturated heterocycles. The maximum Gasteiger partial charge on any atom is 0.319 e. The standard InChI is InChI=1S/C14H18N4O2/c1-2-12(20-13-6-4-3-5-7-13)10-15-14(19)18-11-8-16-17-9-11/h3-9,12H,2,10H2,1H3,(H,16,17)(H2,15,18,19)/t12-/m1/s1. The fourth-order valence-electron chi connectivity index (χ4n) is 1.66. The average molecular weight is 274 g/mol. The third-order valence-electron chi connectivity index (χ3n) is 2.75. The highest BCUT2D eigenvalue weighted by Gasteiger charge is 2.10. The Morgan fingerprint density at radius 3 is 2.85 bits per heavy atom. The van der Waals surface area contributed by atoms with Crippen molar-refractivity contribution < 1.29 is 9.53 Å². The van der Waals surface area contributed by atoms with Crippen molar-refractivity contribution in [2.45, 2.75) is 19.4 Å². The smallest absolute Gasteiger partial charge is 0.319 e. The molecule has 6 nitrogen and oxygen atoms in total. The molecule has 0 fully saturated rings. The molecule has 0 saturated carbocycles. The fraction of sp³-hybridized carbons (Fsp3) is 0.286. The van der Waals surface area contributed by atoms with Crippen LogP contribution in [0.5, 0.6) is 5.75 Å². The molecule has 0 radical (unpaired) electrons. The van der Waals surface area contributed by atoms with Gasteiger partial charge in [-0.05, 0) is 18.6 Å². The van der Waals surface area contributed by atoms with E-state index in [1.54, 1.807) is 6.20 Å². The number of benzene rings is 1. The summed E-state index contributed by atoms with van der Waals surface area (Å²) in [4.78, 5) is 11.7. The van der Waals surface area contributed by atoms with Crippen LogP contribution in [0.4, 0.5) is 10.5 Å². The van der Waals surface area contributed by atoms with Gasteiger partial charge in [-0.25, -0.2) is 4.79 Å². The molecule has 2 aromatic rings. The van der Waals surface area contributed by atoms with Crippen LogP contribution in [-0.4, -0.2) is 28.9 Å². The lowest BCUT2D eigenvalue weighted by Gasteiger charge is -2.18. The van der Waals surface area contributed by atoms with Crippen molar-refractivity contribution in [1.29, 1.82) is 0 Å². The predicted octanol–water partition coefficient (Wildman–Crippen LogP) is 2.39. The van der Waals surface area contributed by atoms with Crippen LogP contribution >= 0.6 is 0 Å². The predicted molar refractivity (Wildman–Crippen MR) is 76.8 cm³/mol. The van der Waals surface area contributed by atoms with Gasteiger partial charge in [0.2, 0.25) is 0 Å². The quantitative estimate of drug-likeness (QED) is 0.756. The van der Waals surface area contributed by atoms with E-state index in [1.807, 2.05) is 37.3 Å². The largest absolute Gasteiger partial charge is 0.489 e. The lowest BCUT2D eigenvalue weighted by atomic mass is 10.2. The molecule has 0 aliphatic rings. The van der Waals surface area contributed by atoms with Crippen LogP contribution in [-0.2, 0) is 0 Å². The molecule has 1 aromatic carbocycles. The number of nitrogens with one attached hydrogen (secondary N) is 3. The van der Waals surface area contributed by atoms with E-state index in [0.29, 0.717) is 12.2 Å². The van der Waals surface area contributed by atoms with Crippen molar-refractivity contribution in [3.05, 3.63) is 42.7 Å². The number of H-pyrrole nitrogens is 1. The first-order chi connectivity index (χ1) is 9.78. The van der Waals surface area contributed by atoms with Gasteiger partial charge in [0.25, 0.3) is 0 Å². The number of aromatic nitrogens is 2. The Morgan fingerprint density at radius 1 is 1.40 bits per heavy atom. The van der Waals surface area contributed by atoms with Crippen LogP contribution in [0.1, 0.15) is 13.3 Å². The minimum absolute atomic E-state index is 0.0625. The second-order valence-corrected chi connectivity index (χ2v) is 4.28. The van der Waals surface area contributed by atoms with Crippen LogP contribution in [0.15, 0.2) is 42.7 Å². The van der Waals surface area contributed by atoms with Gasteiger partial charge in [-0.2, -0.15) is 5.10 Å². The summed E-state index contributed by atoms with van der Waals surface area (Å²) in [5.74, 6) is 0.802. The number of amides is 2. The molecule has 0 aliphatic carbocycles. The van der Waals surface area contributed by atoms with Crippen LogP contribution in [0.3, 0.4) is 0 Å². The molecular formula is C14H18N4O2. The van der Waals surface area contributed by atoms with Crippen molar-refractivity contribution in [2.24, 2.45) is 0 Å². The minimum atomic E-state index is -0.276. The number of anilines is 1. The third kappa shape index (κ3) is 4.31. The summed E-state index contributed by atoms with van der Waals surface area (Å²) in [5.41, 5.74) is 0.625. The summed E-state index contributed by atoms with van der Waals surface area (Å²) in [7, 11) is 0. The van der Waals surface area contributed by atoms with E-state index in [1.165, 1.54) is 6.20 Å². The number of para-hydroxylation sites is 1. The number of hydrogen-bond acceptors (Lipinski definition) is 3. The summed E-state index contributed by atoms with van der Waals surface area (Å²) in [6, 6.07) is 9.29. The Labute approximate surface area is 117 Å². The van der Waals surface area contributed by atoms with E-state index in [4.69, 9.17) is 4.74 Å². The zero-order valence-electron chi connectivity index (χ0n) is 11.3.